The monoisotopic (exact) mass is 448 g/mol. The second kappa shape index (κ2) is 9.88. The largest absolute Gasteiger partial charge is 0.468 e. The summed E-state index contributed by atoms with van der Waals surface area (Å²) in [6, 6.07) is 3.86. The van der Waals surface area contributed by atoms with Crippen LogP contribution in [-0.4, -0.2) is 51.2 Å². The van der Waals surface area contributed by atoms with Crippen molar-refractivity contribution in [3.8, 4) is 17.1 Å². The number of aromatic nitrogens is 4. The van der Waals surface area contributed by atoms with Gasteiger partial charge in [-0.15, -0.1) is 0 Å². The van der Waals surface area contributed by atoms with Crippen molar-refractivity contribution in [1.29, 1.82) is 0 Å². The molecule has 2 aliphatic heterocycles. The lowest BCUT2D eigenvalue weighted by molar-refractivity contribution is -0.0814. The van der Waals surface area contributed by atoms with Gasteiger partial charge in [0.25, 0.3) is 0 Å². The topological polar surface area (TPSA) is 117 Å². The molecule has 10 nitrogen and oxygen atoms in total. The quantitative estimate of drug-likeness (QED) is 0.520. The lowest BCUT2D eigenvalue weighted by Gasteiger charge is -2.25. The first-order chi connectivity index (χ1) is 16.2. The molecule has 10 heteroatoms. The summed E-state index contributed by atoms with van der Waals surface area (Å²) in [4.78, 5) is 29.6. The molecular weight excluding hydrogens is 424 g/mol. The zero-order valence-corrected chi connectivity index (χ0v) is 18.0. The van der Waals surface area contributed by atoms with E-state index in [2.05, 4.69) is 25.3 Å². The van der Waals surface area contributed by atoms with E-state index in [0.717, 1.165) is 29.8 Å². The molecule has 5 rings (SSSR count). The van der Waals surface area contributed by atoms with E-state index >= 15 is 0 Å². The van der Waals surface area contributed by atoms with Crippen molar-refractivity contribution in [2.24, 2.45) is 4.99 Å². The van der Waals surface area contributed by atoms with E-state index in [1.54, 1.807) is 31.0 Å². The first-order valence-electron chi connectivity index (χ1n) is 10.9. The number of allylic oxidation sites excluding steroid dienone is 1. The summed E-state index contributed by atoms with van der Waals surface area (Å²) in [5.41, 5.74) is 2.50. The van der Waals surface area contributed by atoms with Gasteiger partial charge in [0.2, 0.25) is 5.88 Å². The highest BCUT2D eigenvalue weighted by molar-refractivity contribution is 5.85. The van der Waals surface area contributed by atoms with Crippen LogP contribution in [-0.2, 0) is 17.7 Å². The lowest BCUT2D eigenvalue weighted by atomic mass is 10.1. The predicted molar refractivity (Wildman–Crippen MR) is 120 cm³/mol. The Balaban J connectivity index is 1.16. The van der Waals surface area contributed by atoms with Gasteiger partial charge in [-0.3, -0.25) is 9.97 Å². The number of pyridine rings is 1. The van der Waals surface area contributed by atoms with Crippen LogP contribution in [0.15, 0.2) is 63.4 Å². The number of aliphatic imine (C=N–C) groups is 1. The van der Waals surface area contributed by atoms with Crippen molar-refractivity contribution in [1.82, 2.24) is 24.8 Å². The van der Waals surface area contributed by atoms with Crippen LogP contribution in [0.4, 0.5) is 0 Å². The summed E-state index contributed by atoms with van der Waals surface area (Å²) in [5.74, 6) is 1.42. The van der Waals surface area contributed by atoms with Gasteiger partial charge in [-0.2, -0.15) is 0 Å². The summed E-state index contributed by atoms with van der Waals surface area (Å²) < 4.78 is 17.7. The molecule has 0 atom stereocenters. The highest BCUT2D eigenvalue weighted by atomic mass is 16.6. The fourth-order valence-corrected chi connectivity index (χ4v) is 3.51. The third-order valence-electron chi connectivity index (χ3n) is 5.30. The number of oxazole rings is 1. The first-order valence-corrected chi connectivity index (χ1v) is 10.9. The number of hydrogen-bond donors (Lipinski definition) is 1. The van der Waals surface area contributed by atoms with E-state index in [1.165, 1.54) is 4.57 Å². The normalized spacial score (nSPS) is 15.8. The second-order valence-corrected chi connectivity index (χ2v) is 7.78. The molecule has 0 bridgehead atoms. The molecule has 0 amide bonds. The Labute approximate surface area is 190 Å². The van der Waals surface area contributed by atoms with Gasteiger partial charge in [0.1, 0.15) is 17.7 Å². The molecule has 1 saturated heterocycles. The summed E-state index contributed by atoms with van der Waals surface area (Å²) >= 11 is 0. The molecule has 0 spiro atoms. The molecule has 5 heterocycles. The Hall–Kier alpha value is -3.63. The molecule has 0 aliphatic carbocycles. The lowest BCUT2D eigenvalue weighted by Crippen LogP contribution is -2.38. The number of hydrogen-bond acceptors (Lipinski definition) is 9. The van der Waals surface area contributed by atoms with Crippen molar-refractivity contribution in [3.63, 3.8) is 0 Å². The fraction of sp³-hybridized carbons (Fsp3) is 0.348. The molecule has 170 valence electrons. The number of nitrogens with one attached hydrogen (secondary N) is 1. The van der Waals surface area contributed by atoms with Crippen LogP contribution in [0.3, 0.4) is 0 Å². The minimum absolute atomic E-state index is 0.0422. The van der Waals surface area contributed by atoms with Crippen molar-refractivity contribution in [2.45, 2.75) is 31.9 Å². The zero-order chi connectivity index (χ0) is 22.5. The van der Waals surface area contributed by atoms with Gasteiger partial charge >= 0.3 is 5.76 Å². The number of rotatable bonds is 8. The minimum atomic E-state index is -0.398. The van der Waals surface area contributed by atoms with Crippen molar-refractivity contribution >= 4 is 5.84 Å². The molecule has 33 heavy (non-hydrogen) atoms. The van der Waals surface area contributed by atoms with Crippen LogP contribution < -0.4 is 15.8 Å². The summed E-state index contributed by atoms with van der Waals surface area (Å²) in [7, 11) is 0. The molecule has 2 aliphatic rings. The third kappa shape index (κ3) is 5.24. The van der Waals surface area contributed by atoms with Crippen molar-refractivity contribution < 1.29 is 13.9 Å². The molecule has 3 aromatic rings. The van der Waals surface area contributed by atoms with Crippen LogP contribution in [0, 0.1) is 0 Å². The first kappa shape index (κ1) is 21.2. The average Bonchev–Trinajstić information content (AvgIpc) is 3.20. The maximum absolute atomic E-state index is 12.1. The van der Waals surface area contributed by atoms with Crippen molar-refractivity contribution in [3.05, 3.63) is 71.2 Å². The van der Waals surface area contributed by atoms with E-state index in [1.807, 2.05) is 18.2 Å². The van der Waals surface area contributed by atoms with E-state index < -0.39 is 5.76 Å². The number of nitrogens with zero attached hydrogens (tertiary/aromatic N) is 5. The SMILES string of the molecule is O=c1oc(CCNCc2cc(-c3cncc(OC4COC4)n3)ccn2)cn1C1=NC=CCC1. The highest BCUT2D eigenvalue weighted by Gasteiger charge is 2.21. The van der Waals surface area contributed by atoms with Gasteiger partial charge < -0.3 is 19.2 Å². The molecule has 1 N–H and O–H groups in total. The van der Waals surface area contributed by atoms with Gasteiger partial charge in [-0.1, -0.05) is 6.08 Å². The van der Waals surface area contributed by atoms with E-state index in [9.17, 15) is 4.79 Å². The second-order valence-electron chi connectivity index (χ2n) is 7.78. The Morgan fingerprint density at radius 1 is 1.27 bits per heavy atom. The molecule has 0 radical (unpaired) electrons. The Morgan fingerprint density at radius 2 is 2.21 bits per heavy atom. The Kier molecular flexibility index (Phi) is 6.36. The molecule has 0 aromatic carbocycles. The summed E-state index contributed by atoms with van der Waals surface area (Å²) in [6.45, 7) is 2.37. The van der Waals surface area contributed by atoms with Crippen LogP contribution in [0.2, 0.25) is 0 Å². The summed E-state index contributed by atoms with van der Waals surface area (Å²) in [5, 5.41) is 3.34. The molecular formula is C23H24N6O4. The maximum Gasteiger partial charge on any atom is 0.424 e. The maximum atomic E-state index is 12.1. The van der Waals surface area contributed by atoms with Gasteiger partial charge in [0.15, 0.2) is 0 Å². The summed E-state index contributed by atoms with van der Waals surface area (Å²) in [6.07, 6.45) is 12.7. The van der Waals surface area contributed by atoms with Gasteiger partial charge in [-0.25, -0.2) is 19.3 Å². The zero-order valence-electron chi connectivity index (χ0n) is 18.0. The fourth-order valence-electron chi connectivity index (χ4n) is 3.51. The van der Waals surface area contributed by atoms with Gasteiger partial charge in [0.05, 0.1) is 43.2 Å². The number of ether oxygens (including phenoxy) is 2. The highest BCUT2D eigenvalue weighted by Crippen LogP contribution is 2.20. The van der Waals surface area contributed by atoms with E-state index in [0.29, 0.717) is 50.2 Å². The van der Waals surface area contributed by atoms with E-state index in [4.69, 9.17) is 13.9 Å². The standard InChI is InChI=1S/C23H24N6O4/c30-23-29(21-3-1-2-6-27-21)13-18(33-23)5-7-24-10-17-9-16(4-8-26-17)20-11-25-12-22(28-20)32-19-14-31-15-19/h2,4,6,8-9,11-13,19,24H,1,3,5,7,10,14-15H2. The Morgan fingerprint density at radius 3 is 3.03 bits per heavy atom. The van der Waals surface area contributed by atoms with Crippen LogP contribution in [0.5, 0.6) is 5.88 Å². The minimum Gasteiger partial charge on any atom is -0.468 e. The van der Waals surface area contributed by atoms with Crippen LogP contribution >= 0.6 is 0 Å². The van der Waals surface area contributed by atoms with Gasteiger partial charge in [-0.05, 0) is 18.6 Å². The van der Waals surface area contributed by atoms with Gasteiger partial charge in [0, 0.05) is 43.9 Å². The van der Waals surface area contributed by atoms with E-state index in [-0.39, 0.29) is 6.10 Å². The smallest absolute Gasteiger partial charge is 0.424 e. The van der Waals surface area contributed by atoms with Crippen LogP contribution in [0.25, 0.3) is 11.3 Å². The predicted octanol–water partition coefficient (Wildman–Crippen LogP) is 1.96. The third-order valence-corrected chi connectivity index (χ3v) is 5.30. The Bertz CT molecular complexity index is 1230. The molecule has 1 fully saturated rings. The molecule has 0 unspecified atom stereocenters. The molecule has 0 saturated carbocycles. The van der Waals surface area contributed by atoms with Crippen molar-refractivity contribution in [2.75, 3.05) is 19.8 Å². The average molecular weight is 448 g/mol. The molecule has 3 aromatic heterocycles. The van der Waals surface area contributed by atoms with Crippen LogP contribution in [0.1, 0.15) is 24.3 Å².